The molecule has 0 spiro atoms. The predicted octanol–water partition coefficient (Wildman–Crippen LogP) is 5.67. The van der Waals surface area contributed by atoms with E-state index in [0.717, 1.165) is 45.0 Å². The largest absolute Gasteiger partial charge is 0.497 e. The number of hydrogen-bond donors (Lipinski definition) is 2. The van der Waals surface area contributed by atoms with Crippen molar-refractivity contribution >= 4 is 51.7 Å². The highest BCUT2D eigenvalue weighted by Crippen LogP contribution is 2.22. The van der Waals surface area contributed by atoms with Gasteiger partial charge in [0.05, 0.1) is 13.3 Å². The molecule has 0 saturated heterocycles. The Balaban J connectivity index is 1.47. The molecule has 0 aliphatic carbocycles. The quantitative estimate of drug-likeness (QED) is 0.226. The zero-order valence-corrected chi connectivity index (χ0v) is 18.5. The number of benzene rings is 3. The molecule has 4 aromatic rings. The highest BCUT2D eigenvalue weighted by molar-refractivity contribution is 7.80. The van der Waals surface area contributed by atoms with E-state index < -0.39 is 0 Å². The van der Waals surface area contributed by atoms with Gasteiger partial charge in [0.15, 0.2) is 5.11 Å². The van der Waals surface area contributed by atoms with Crippen molar-refractivity contribution in [1.29, 1.82) is 0 Å². The first-order valence-corrected chi connectivity index (χ1v) is 10.5. The summed E-state index contributed by atoms with van der Waals surface area (Å²) in [6.07, 6.45) is 3.86. The van der Waals surface area contributed by atoms with E-state index in [1.165, 1.54) is 0 Å². The SMILES string of the molecule is COc1ccc(NC(=S)N/N=C/c2cn(Cc3cccc(Cl)c3)c3ccccc23)cc1. The first-order valence-electron chi connectivity index (χ1n) is 9.69. The molecule has 156 valence electrons. The molecule has 1 heterocycles. The second-order valence-electron chi connectivity index (χ2n) is 6.91. The smallest absolute Gasteiger partial charge is 0.191 e. The summed E-state index contributed by atoms with van der Waals surface area (Å²) in [6, 6.07) is 23.6. The van der Waals surface area contributed by atoms with Gasteiger partial charge in [-0.15, -0.1) is 0 Å². The van der Waals surface area contributed by atoms with Gasteiger partial charge < -0.3 is 14.6 Å². The lowest BCUT2D eigenvalue weighted by Crippen LogP contribution is -2.23. The number of hydrazone groups is 1. The minimum Gasteiger partial charge on any atom is -0.497 e. The first-order chi connectivity index (χ1) is 15.1. The van der Waals surface area contributed by atoms with Crippen LogP contribution in [-0.2, 0) is 6.54 Å². The molecule has 0 atom stereocenters. The predicted molar refractivity (Wildman–Crippen MR) is 132 cm³/mol. The van der Waals surface area contributed by atoms with Crippen molar-refractivity contribution < 1.29 is 4.74 Å². The molecule has 0 unspecified atom stereocenters. The highest BCUT2D eigenvalue weighted by atomic mass is 35.5. The summed E-state index contributed by atoms with van der Waals surface area (Å²) in [6.45, 7) is 0.722. The summed E-state index contributed by atoms with van der Waals surface area (Å²) >= 11 is 11.5. The average molecular weight is 449 g/mol. The molecule has 0 radical (unpaired) electrons. The molecule has 0 amide bonds. The lowest BCUT2D eigenvalue weighted by Gasteiger charge is -2.07. The van der Waals surface area contributed by atoms with Crippen molar-refractivity contribution in [2.24, 2.45) is 5.10 Å². The molecule has 1 aromatic heterocycles. The van der Waals surface area contributed by atoms with Crippen molar-refractivity contribution in [3.8, 4) is 5.75 Å². The van der Waals surface area contributed by atoms with Gasteiger partial charge in [-0.1, -0.05) is 41.9 Å². The summed E-state index contributed by atoms with van der Waals surface area (Å²) < 4.78 is 7.35. The third-order valence-corrected chi connectivity index (χ3v) is 5.21. The van der Waals surface area contributed by atoms with E-state index in [1.807, 2.05) is 54.6 Å². The van der Waals surface area contributed by atoms with Crippen molar-refractivity contribution in [3.63, 3.8) is 0 Å². The second kappa shape index (κ2) is 9.64. The number of nitrogens with one attached hydrogen (secondary N) is 2. The Morgan fingerprint density at radius 1 is 1.10 bits per heavy atom. The topological polar surface area (TPSA) is 50.6 Å². The number of hydrogen-bond acceptors (Lipinski definition) is 3. The lowest BCUT2D eigenvalue weighted by molar-refractivity contribution is 0.415. The minimum atomic E-state index is 0.407. The number of nitrogens with zero attached hydrogens (tertiary/aromatic N) is 2. The number of rotatable bonds is 6. The molecule has 7 heteroatoms. The van der Waals surface area contributed by atoms with Gasteiger partial charge in [0, 0.05) is 39.9 Å². The van der Waals surface area contributed by atoms with Crippen LogP contribution in [0.25, 0.3) is 10.9 Å². The van der Waals surface area contributed by atoms with E-state index in [-0.39, 0.29) is 0 Å². The Bertz CT molecular complexity index is 1230. The number of fused-ring (bicyclic) bond motifs is 1. The Morgan fingerprint density at radius 2 is 1.90 bits per heavy atom. The Hall–Kier alpha value is -3.35. The number of anilines is 1. The monoisotopic (exact) mass is 448 g/mol. The lowest BCUT2D eigenvalue weighted by atomic mass is 10.2. The highest BCUT2D eigenvalue weighted by Gasteiger charge is 2.07. The summed E-state index contributed by atoms with van der Waals surface area (Å²) in [5, 5.41) is 9.67. The van der Waals surface area contributed by atoms with Crippen molar-refractivity contribution in [2.75, 3.05) is 12.4 Å². The number of methoxy groups -OCH3 is 1. The zero-order valence-electron chi connectivity index (χ0n) is 16.9. The number of halogens is 1. The second-order valence-corrected chi connectivity index (χ2v) is 7.76. The summed E-state index contributed by atoms with van der Waals surface area (Å²) in [5.74, 6) is 0.789. The Morgan fingerprint density at radius 3 is 2.68 bits per heavy atom. The van der Waals surface area contributed by atoms with Gasteiger partial charge >= 0.3 is 0 Å². The average Bonchev–Trinajstić information content (AvgIpc) is 3.12. The fourth-order valence-corrected chi connectivity index (χ4v) is 3.72. The van der Waals surface area contributed by atoms with Gasteiger partial charge in [-0.05, 0) is 60.2 Å². The van der Waals surface area contributed by atoms with Crippen molar-refractivity contribution in [3.05, 3.63) is 95.1 Å². The number of ether oxygens (including phenoxy) is 1. The van der Waals surface area contributed by atoms with Crippen LogP contribution in [0, 0.1) is 0 Å². The van der Waals surface area contributed by atoms with Crippen LogP contribution in [0.5, 0.6) is 5.75 Å². The van der Waals surface area contributed by atoms with E-state index >= 15 is 0 Å². The molecular weight excluding hydrogens is 428 g/mol. The molecular formula is C24H21ClN4OS. The Kier molecular flexibility index (Phi) is 6.50. The van der Waals surface area contributed by atoms with Crippen molar-refractivity contribution in [2.45, 2.75) is 6.54 Å². The van der Waals surface area contributed by atoms with E-state index in [1.54, 1.807) is 13.3 Å². The van der Waals surface area contributed by atoms with Crippen LogP contribution in [0.3, 0.4) is 0 Å². The molecule has 5 nitrogen and oxygen atoms in total. The maximum absolute atomic E-state index is 6.14. The number of aromatic nitrogens is 1. The summed E-state index contributed by atoms with van der Waals surface area (Å²) in [5.41, 5.74) is 6.99. The van der Waals surface area contributed by atoms with E-state index in [0.29, 0.717) is 5.11 Å². The van der Waals surface area contributed by atoms with Crippen LogP contribution in [0.15, 0.2) is 84.1 Å². The minimum absolute atomic E-state index is 0.407. The van der Waals surface area contributed by atoms with E-state index in [2.05, 4.69) is 44.8 Å². The summed E-state index contributed by atoms with van der Waals surface area (Å²) in [4.78, 5) is 0. The van der Waals surface area contributed by atoms with Crippen LogP contribution in [0.4, 0.5) is 5.69 Å². The molecule has 2 N–H and O–H groups in total. The molecule has 0 saturated carbocycles. The van der Waals surface area contributed by atoms with Crippen LogP contribution >= 0.6 is 23.8 Å². The molecule has 0 fully saturated rings. The van der Waals surface area contributed by atoms with Gasteiger partial charge in [-0.2, -0.15) is 5.10 Å². The molecule has 3 aromatic carbocycles. The van der Waals surface area contributed by atoms with Gasteiger partial charge in [0.25, 0.3) is 0 Å². The number of para-hydroxylation sites is 1. The molecule has 31 heavy (non-hydrogen) atoms. The van der Waals surface area contributed by atoms with Crippen LogP contribution < -0.4 is 15.5 Å². The first kappa shape index (κ1) is 20.9. The van der Waals surface area contributed by atoms with E-state index in [4.69, 9.17) is 28.6 Å². The molecule has 0 aliphatic heterocycles. The zero-order chi connectivity index (χ0) is 21.6. The maximum atomic E-state index is 6.14. The third-order valence-electron chi connectivity index (χ3n) is 4.78. The van der Waals surface area contributed by atoms with Gasteiger partial charge in [0.1, 0.15) is 5.75 Å². The van der Waals surface area contributed by atoms with Crippen molar-refractivity contribution in [1.82, 2.24) is 9.99 Å². The van der Waals surface area contributed by atoms with Crippen LogP contribution in [0.2, 0.25) is 5.02 Å². The molecule has 4 rings (SSSR count). The normalized spacial score (nSPS) is 11.0. The van der Waals surface area contributed by atoms with Gasteiger partial charge in [0.2, 0.25) is 0 Å². The fraction of sp³-hybridized carbons (Fsp3) is 0.0833. The summed E-state index contributed by atoms with van der Waals surface area (Å²) in [7, 11) is 1.63. The standard InChI is InChI=1S/C24H21ClN4OS/c1-30-21-11-9-20(10-12-21)27-24(31)28-26-14-18-16-29(23-8-3-2-7-22(18)23)15-17-5-4-6-19(25)13-17/h2-14,16H,15H2,1H3,(H2,27,28,31)/b26-14+. The van der Waals surface area contributed by atoms with Gasteiger partial charge in [-0.3, -0.25) is 5.43 Å². The third kappa shape index (κ3) is 5.23. The van der Waals surface area contributed by atoms with Crippen LogP contribution in [0.1, 0.15) is 11.1 Å². The Labute approximate surface area is 191 Å². The van der Waals surface area contributed by atoms with Crippen LogP contribution in [-0.4, -0.2) is 23.0 Å². The molecule has 0 bridgehead atoms. The maximum Gasteiger partial charge on any atom is 0.191 e. The number of thiocarbonyl (C=S) groups is 1. The molecule has 0 aliphatic rings. The van der Waals surface area contributed by atoms with E-state index in [9.17, 15) is 0 Å². The fourth-order valence-electron chi connectivity index (χ4n) is 3.33. The van der Waals surface area contributed by atoms with Gasteiger partial charge in [-0.25, -0.2) is 0 Å².